The monoisotopic (exact) mass is 228 g/mol. The summed E-state index contributed by atoms with van der Waals surface area (Å²) in [7, 11) is 1.75. The number of hydrogen-bond donors (Lipinski definition) is 1. The maximum Gasteiger partial charge on any atom is 0.0587 e. The minimum atomic E-state index is 0.554. The van der Waals surface area contributed by atoms with Gasteiger partial charge in [0, 0.05) is 26.7 Å². The number of hydrogen-bond acceptors (Lipinski definition) is 3. The highest BCUT2D eigenvalue weighted by atomic mass is 16.5. The Morgan fingerprint density at radius 1 is 1.19 bits per heavy atom. The molecule has 0 radical (unpaired) electrons. The van der Waals surface area contributed by atoms with Crippen molar-refractivity contribution in [1.82, 2.24) is 10.2 Å². The van der Waals surface area contributed by atoms with Gasteiger partial charge in [0.05, 0.1) is 6.61 Å². The van der Waals surface area contributed by atoms with Crippen molar-refractivity contribution in [3.8, 4) is 0 Å². The summed E-state index contributed by atoms with van der Waals surface area (Å²) in [5.74, 6) is 0. The second kappa shape index (κ2) is 7.25. The second-order valence-corrected chi connectivity index (χ2v) is 5.60. The van der Waals surface area contributed by atoms with E-state index in [1.807, 2.05) is 0 Å². The highest BCUT2D eigenvalue weighted by Gasteiger charge is 2.22. The Morgan fingerprint density at radius 2 is 2.00 bits per heavy atom. The molecule has 0 aromatic heterocycles. The van der Waals surface area contributed by atoms with Gasteiger partial charge in [-0.25, -0.2) is 0 Å². The number of likely N-dealkylation sites (tertiary alicyclic amines) is 1. The van der Waals surface area contributed by atoms with Crippen LogP contribution in [0.1, 0.15) is 33.1 Å². The third-order valence-electron chi connectivity index (χ3n) is 3.52. The average molecular weight is 228 g/mol. The molecule has 1 fully saturated rings. The second-order valence-electron chi connectivity index (χ2n) is 5.60. The lowest BCUT2D eigenvalue weighted by Crippen LogP contribution is -2.34. The molecule has 1 aliphatic heterocycles. The van der Waals surface area contributed by atoms with Crippen molar-refractivity contribution in [3.63, 3.8) is 0 Å². The van der Waals surface area contributed by atoms with E-state index in [9.17, 15) is 0 Å². The van der Waals surface area contributed by atoms with E-state index >= 15 is 0 Å². The van der Waals surface area contributed by atoms with Crippen molar-refractivity contribution in [3.05, 3.63) is 0 Å². The van der Waals surface area contributed by atoms with Crippen LogP contribution in [0.5, 0.6) is 0 Å². The molecule has 0 bridgehead atoms. The Bertz CT molecular complexity index is 183. The first-order valence-corrected chi connectivity index (χ1v) is 6.56. The highest BCUT2D eigenvalue weighted by molar-refractivity contribution is 4.76. The fraction of sp³-hybridized carbons (Fsp3) is 1.00. The summed E-state index contributed by atoms with van der Waals surface area (Å²) in [6, 6.07) is 0. The molecule has 1 rings (SSSR count). The van der Waals surface area contributed by atoms with Gasteiger partial charge in [0.2, 0.25) is 0 Å². The maximum absolute atomic E-state index is 5.01. The molecule has 1 N–H and O–H groups in total. The lowest BCUT2D eigenvalue weighted by Gasteiger charge is -2.23. The van der Waals surface area contributed by atoms with Gasteiger partial charge in [0.25, 0.3) is 0 Å². The van der Waals surface area contributed by atoms with Crippen LogP contribution in [0, 0.1) is 5.41 Å². The predicted molar refractivity (Wildman–Crippen MR) is 68.8 cm³/mol. The molecular weight excluding hydrogens is 200 g/mol. The van der Waals surface area contributed by atoms with Gasteiger partial charge in [0.15, 0.2) is 0 Å². The fourth-order valence-corrected chi connectivity index (χ4v) is 2.24. The highest BCUT2D eigenvalue weighted by Crippen LogP contribution is 2.29. The Morgan fingerprint density at radius 3 is 2.75 bits per heavy atom. The molecule has 0 aromatic carbocycles. The summed E-state index contributed by atoms with van der Waals surface area (Å²) in [6.45, 7) is 11.4. The molecule has 0 unspecified atom stereocenters. The summed E-state index contributed by atoms with van der Waals surface area (Å²) < 4.78 is 5.01. The Kier molecular flexibility index (Phi) is 6.32. The molecule has 3 nitrogen and oxygen atoms in total. The van der Waals surface area contributed by atoms with Crippen molar-refractivity contribution in [2.24, 2.45) is 5.41 Å². The molecule has 1 heterocycles. The van der Waals surface area contributed by atoms with Crippen LogP contribution in [0.3, 0.4) is 0 Å². The lowest BCUT2D eigenvalue weighted by molar-refractivity contribution is 0.196. The largest absolute Gasteiger partial charge is 0.383 e. The van der Waals surface area contributed by atoms with Crippen molar-refractivity contribution in [2.45, 2.75) is 33.1 Å². The minimum absolute atomic E-state index is 0.554. The zero-order valence-corrected chi connectivity index (χ0v) is 11.2. The van der Waals surface area contributed by atoms with Crippen LogP contribution in [0.15, 0.2) is 0 Å². The predicted octanol–water partition coefficient (Wildman–Crippen LogP) is 1.73. The van der Waals surface area contributed by atoms with Crippen LogP contribution < -0.4 is 5.32 Å². The first kappa shape index (κ1) is 13.9. The Hall–Kier alpha value is -0.120. The van der Waals surface area contributed by atoms with E-state index < -0.39 is 0 Å². The number of nitrogens with zero attached hydrogens (tertiary/aromatic N) is 1. The van der Waals surface area contributed by atoms with Crippen molar-refractivity contribution >= 4 is 0 Å². The van der Waals surface area contributed by atoms with E-state index in [-0.39, 0.29) is 0 Å². The van der Waals surface area contributed by atoms with Crippen molar-refractivity contribution < 1.29 is 4.74 Å². The van der Waals surface area contributed by atoms with Crippen LogP contribution >= 0.6 is 0 Å². The molecule has 0 aromatic rings. The molecule has 0 spiro atoms. The number of methoxy groups -OCH3 is 1. The van der Waals surface area contributed by atoms with Crippen LogP contribution in [-0.2, 0) is 4.74 Å². The van der Waals surface area contributed by atoms with E-state index in [1.165, 1.54) is 38.9 Å². The quantitative estimate of drug-likeness (QED) is 0.701. The Balaban J connectivity index is 2.08. The normalized spacial score (nSPS) is 21.9. The first-order valence-electron chi connectivity index (χ1n) is 6.56. The van der Waals surface area contributed by atoms with Crippen LogP contribution in [0.2, 0.25) is 0 Å². The van der Waals surface area contributed by atoms with E-state index in [1.54, 1.807) is 7.11 Å². The summed E-state index contributed by atoms with van der Waals surface area (Å²) in [4.78, 5) is 2.59. The van der Waals surface area contributed by atoms with Gasteiger partial charge < -0.3 is 15.0 Å². The molecule has 1 aliphatic rings. The molecule has 96 valence electrons. The van der Waals surface area contributed by atoms with Gasteiger partial charge in [-0.3, -0.25) is 0 Å². The number of rotatable bonds is 6. The third-order valence-corrected chi connectivity index (χ3v) is 3.52. The number of nitrogens with one attached hydrogen (secondary N) is 1. The molecule has 0 saturated carbocycles. The number of ether oxygens (including phenoxy) is 1. The van der Waals surface area contributed by atoms with Crippen molar-refractivity contribution in [1.29, 1.82) is 0 Å². The maximum atomic E-state index is 5.01. The van der Waals surface area contributed by atoms with E-state index in [0.717, 1.165) is 19.7 Å². The molecule has 1 saturated heterocycles. The molecule has 0 atom stereocenters. The van der Waals surface area contributed by atoms with Crippen molar-refractivity contribution in [2.75, 3.05) is 46.4 Å². The van der Waals surface area contributed by atoms with Gasteiger partial charge in [0.1, 0.15) is 0 Å². The van der Waals surface area contributed by atoms with E-state index in [0.29, 0.717) is 5.41 Å². The molecular formula is C13H28N2O. The van der Waals surface area contributed by atoms with Crippen LogP contribution in [-0.4, -0.2) is 51.3 Å². The van der Waals surface area contributed by atoms with Gasteiger partial charge in [-0.1, -0.05) is 13.8 Å². The summed E-state index contributed by atoms with van der Waals surface area (Å²) in [6.07, 6.45) is 4.07. The molecule has 0 aliphatic carbocycles. The SMILES string of the molecule is COCCNCCN1CCCC(C)(C)CC1. The minimum Gasteiger partial charge on any atom is -0.383 e. The smallest absolute Gasteiger partial charge is 0.0587 e. The zero-order chi connectivity index (χ0) is 11.9. The van der Waals surface area contributed by atoms with Gasteiger partial charge >= 0.3 is 0 Å². The van der Waals surface area contributed by atoms with Gasteiger partial charge in [-0.05, 0) is 37.8 Å². The van der Waals surface area contributed by atoms with E-state index in [2.05, 4.69) is 24.1 Å². The van der Waals surface area contributed by atoms with Crippen LogP contribution in [0.25, 0.3) is 0 Å². The lowest BCUT2D eigenvalue weighted by atomic mass is 9.85. The van der Waals surface area contributed by atoms with E-state index in [4.69, 9.17) is 4.74 Å². The molecule has 16 heavy (non-hydrogen) atoms. The average Bonchev–Trinajstić information content (AvgIpc) is 2.40. The molecule has 0 amide bonds. The first-order chi connectivity index (χ1) is 7.64. The Labute approximate surface area is 101 Å². The standard InChI is InChI=1S/C13H28N2O/c1-13(2)5-4-9-15(10-6-13)11-7-14-8-12-16-3/h14H,4-12H2,1-3H3. The topological polar surface area (TPSA) is 24.5 Å². The summed E-state index contributed by atoms with van der Waals surface area (Å²) in [5, 5.41) is 3.41. The summed E-state index contributed by atoms with van der Waals surface area (Å²) in [5.41, 5.74) is 0.554. The summed E-state index contributed by atoms with van der Waals surface area (Å²) >= 11 is 0. The third kappa shape index (κ3) is 5.83. The van der Waals surface area contributed by atoms with Gasteiger partial charge in [-0.15, -0.1) is 0 Å². The van der Waals surface area contributed by atoms with Gasteiger partial charge in [-0.2, -0.15) is 0 Å². The van der Waals surface area contributed by atoms with Crippen LogP contribution in [0.4, 0.5) is 0 Å². The fourth-order valence-electron chi connectivity index (χ4n) is 2.24. The zero-order valence-electron chi connectivity index (χ0n) is 11.2. The molecule has 3 heteroatoms.